The van der Waals surface area contributed by atoms with Gasteiger partial charge in [0.2, 0.25) is 5.91 Å². The highest BCUT2D eigenvalue weighted by Gasteiger charge is 2.31. The maximum atomic E-state index is 13.2. The van der Waals surface area contributed by atoms with E-state index in [4.69, 9.17) is 5.73 Å². The minimum atomic E-state index is -4.48. The van der Waals surface area contributed by atoms with Crippen molar-refractivity contribution < 1.29 is 18.0 Å². The van der Waals surface area contributed by atoms with Crippen LogP contribution >= 0.6 is 0 Å². The van der Waals surface area contributed by atoms with Crippen molar-refractivity contribution in [1.29, 1.82) is 0 Å². The highest BCUT2D eigenvalue weighted by atomic mass is 19.4. The Balaban J connectivity index is 1.61. The minimum Gasteiger partial charge on any atom is -0.399 e. The van der Waals surface area contributed by atoms with Gasteiger partial charge in [0.25, 0.3) is 0 Å². The van der Waals surface area contributed by atoms with Gasteiger partial charge in [0.1, 0.15) is 11.8 Å². The smallest absolute Gasteiger partial charge is 0.399 e. The van der Waals surface area contributed by atoms with Crippen molar-refractivity contribution in [1.82, 2.24) is 19.5 Å². The van der Waals surface area contributed by atoms with Crippen LogP contribution in [0.4, 0.5) is 24.7 Å². The van der Waals surface area contributed by atoms with E-state index < -0.39 is 17.8 Å². The van der Waals surface area contributed by atoms with Gasteiger partial charge in [-0.05, 0) is 54.3 Å². The minimum absolute atomic E-state index is 0.0453. The SMILES string of the molecule is CC(=O)N1CC=C(c2cc3c(N[C@H](C)c4cc(N)cc(C(F)(F)F)c4)ncnn3c2)CC1. The van der Waals surface area contributed by atoms with Crippen LogP contribution in [0.15, 0.2) is 42.9 Å². The lowest BCUT2D eigenvalue weighted by Gasteiger charge is -2.24. The molecule has 0 spiro atoms. The van der Waals surface area contributed by atoms with Crippen LogP contribution in [0.3, 0.4) is 0 Å². The number of nitrogen functional groups attached to an aromatic ring is 1. The molecule has 10 heteroatoms. The molecule has 1 aliphatic heterocycles. The third kappa shape index (κ3) is 4.39. The molecule has 0 saturated heterocycles. The first-order valence-electron chi connectivity index (χ1n) is 10.1. The molecule has 1 atom stereocenters. The van der Waals surface area contributed by atoms with E-state index in [-0.39, 0.29) is 11.6 Å². The van der Waals surface area contributed by atoms with Crippen molar-refractivity contribution in [2.45, 2.75) is 32.5 Å². The van der Waals surface area contributed by atoms with E-state index >= 15 is 0 Å². The van der Waals surface area contributed by atoms with Crippen LogP contribution in [-0.4, -0.2) is 38.5 Å². The number of carbonyl (C=O) groups is 1. The molecule has 168 valence electrons. The number of nitrogens with zero attached hydrogens (tertiary/aromatic N) is 4. The van der Waals surface area contributed by atoms with Gasteiger partial charge in [0, 0.05) is 31.9 Å². The lowest BCUT2D eigenvalue weighted by Crippen LogP contribution is -2.32. The summed E-state index contributed by atoms with van der Waals surface area (Å²) >= 11 is 0. The van der Waals surface area contributed by atoms with Gasteiger partial charge in [-0.25, -0.2) is 9.50 Å². The number of rotatable bonds is 4. The molecule has 7 nitrogen and oxygen atoms in total. The molecule has 0 radical (unpaired) electrons. The van der Waals surface area contributed by atoms with Gasteiger partial charge >= 0.3 is 6.18 Å². The van der Waals surface area contributed by atoms with E-state index in [0.29, 0.717) is 30.0 Å². The lowest BCUT2D eigenvalue weighted by atomic mass is 10.0. The second kappa shape index (κ2) is 8.18. The predicted molar refractivity (Wildman–Crippen MR) is 116 cm³/mol. The maximum Gasteiger partial charge on any atom is 0.416 e. The number of alkyl halides is 3. The maximum absolute atomic E-state index is 13.2. The molecule has 0 fully saturated rings. The Morgan fingerprint density at radius 2 is 2.03 bits per heavy atom. The molecule has 0 aliphatic carbocycles. The zero-order valence-electron chi connectivity index (χ0n) is 17.6. The number of carbonyl (C=O) groups excluding carboxylic acids is 1. The number of hydrogen-bond donors (Lipinski definition) is 2. The zero-order chi connectivity index (χ0) is 23.0. The highest BCUT2D eigenvalue weighted by Crippen LogP contribution is 2.34. The molecule has 1 amide bonds. The summed E-state index contributed by atoms with van der Waals surface area (Å²) in [5.41, 5.74) is 8.14. The molecular formula is C22H23F3N6O. The second-order valence-electron chi connectivity index (χ2n) is 7.86. The number of amides is 1. The lowest BCUT2D eigenvalue weighted by molar-refractivity contribution is -0.137. The predicted octanol–water partition coefficient (Wildman–Crippen LogP) is 4.14. The highest BCUT2D eigenvalue weighted by molar-refractivity contribution is 5.79. The molecule has 3 N–H and O–H groups in total. The Hall–Kier alpha value is -3.56. The van der Waals surface area contributed by atoms with Gasteiger partial charge in [0.15, 0.2) is 5.82 Å². The molecule has 3 aromatic rings. The zero-order valence-corrected chi connectivity index (χ0v) is 17.6. The Bertz CT molecular complexity index is 1200. The summed E-state index contributed by atoms with van der Waals surface area (Å²) in [6, 6.07) is 4.98. The molecule has 32 heavy (non-hydrogen) atoms. The van der Waals surface area contributed by atoms with E-state index in [0.717, 1.165) is 29.7 Å². The molecule has 3 heterocycles. The van der Waals surface area contributed by atoms with Crippen LogP contribution in [0.1, 0.15) is 43.0 Å². The van der Waals surface area contributed by atoms with Crippen LogP contribution in [0.2, 0.25) is 0 Å². The van der Waals surface area contributed by atoms with Gasteiger partial charge in [-0.15, -0.1) is 0 Å². The van der Waals surface area contributed by atoms with Crippen molar-refractivity contribution >= 4 is 28.5 Å². The largest absolute Gasteiger partial charge is 0.416 e. The van der Waals surface area contributed by atoms with Gasteiger partial charge in [-0.1, -0.05) is 6.08 Å². The second-order valence-corrected chi connectivity index (χ2v) is 7.86. The third-order valence-electron chi connectivity index (χ3n) is 5.59. The average molecular weight is 444 g/mol. The van der Waals surface area contributed by atoms with E-state index in [1.54, 1.807) is 23.3 Å². The number of hydrogen-bond acceptors (Lipinski definition) is 5. The number of benzene rings is 1. The molecule has 1 aliphatic rings. The summed E-state index contributed by atoms with van der Waals surface area (Å²) in [6.45, 7) is 4.51. The summed E-state index contributed by atoms with van der Waals surface area (Å²) in [6.07, 6.45) is 1.54. The normalized spacial score (nSPS) is 15.5. The molecule has 0 unspecified atom stereocenters. The van der Waals surface area contributed by atoms with E-state index in [1.807, 2.05) is 18.3 Å². The van der Waals surface area contributed by atoms with E-state index in [1.165, 1.54) is 12.4 Å². The van der Waals surface area contributed by atoms with E-state index in [2.05, 4.69) is 15.4 Å². The molecule has 2 aromatic heterocycles. The number of nitrogens with two attached hydrogens (primary N) is 1. The Labute approximate surface area is 182 Å². The molecule has 0 bridgehead atoms. The molecule has 4 rings (SSSR count). The van der Waals surface area contributed by atoms with Crippen molar-refractivity contribution in [3.63, 3.8) is 0 Å². The van der Waals surface area contributed by atoms with Crippen LogP contribution in [0.5, 0.6) is 0 Å². The Morgan fingerprint density at radius 3 is 2.69 bits per heavy atom. The number of anilines is 2. The summed E-state index contributed by atoms with van der Waals surface area (Å²) in [5, 5.41) is 7.42. The quantitative estimate of drug-likeness (QED) is 0.591. The summed E-state index contributed by atoms with van der Waals surface area (Å²) in [7, 11) is 0. The molecule has 0 saturated carbocycles. The number of nitrogens with one attached hydrogen (secondary N) is 1. The monoisotopic (exact) mass is 444 g/mol. The van der Waals surface area contributed by atoms with Crippen LogP contribution < -0.4 is 11.1 Å². The summed E-state index contributed by atoms with van der Waals surface area (Å²) < 4.78 is 41.2. The molecular weight excluding hydrogens is 421 g/mol. The van der Waals surface area contributed by atoms with Crippen LogP contribution in [0.25, 0.3) is 11.1 Å². The Kier molecular flexibility index (Phi) is 5.53. The third-order valence-corrected chi connectivity index (χ3v) is 5.59. The standard InChI is InChI=1S/C22H23F3N6O/c1-13(16-7-18(22(23,24)25)10-19(26)8-16)29-21-20-9-17(11-31(20)28-12-27-21)15-3-5-30(6-4-15)14(2)32/h3,7-13H,4-6,26H2,1-2H3,(H,27,28,29)/t13-/m1/s1. The number of aromatic nitrogens is 3. The van der Waals surface area contributed by atoms with Gasteiger partial charge < -0.3 is 16.0 Å². The van der Waals surface area contributed by atoms with Gasteiger partial charge in [-0.2, -0.15) is 18.3 Å². The van der Waals surface area contributed by atoms with Gasteiger partial charge in [0.05, 0.1) is 11.6 Å². The van der Waals surface area contributed by atoms with Crippen LogP contribution in [0, 0.1) is 0 Å². The first-order valence-corrected chi connectivity index (χ1v) is 10.1. The fraction of sp³-hybridized carbons (Fsp3) is 0.318. The summed E-state index contributed by atoms with van der Waals surface area (Å²) in [5.74, 6) is 0.542. The topological polar surface area (TPSA) is 88.5 Å². The number of halogens is 3. The van der Waals surface area contributed by atoms with Crippen molar-refractivity contribution in [2.75, 3.05) is 24.1 Å². The fourth-order valence-electron chi connectivity index (χ4n) is 3.81. The van der Waals surface area contributed by atoms with Crippen molar-refractivity contribution in [3.8, 4) is 0 Å². The Morgan fingerprint density at radius 1 is 1.25 bits per heavy atom. The van der Waals surface area contributed by atoms with Gasteiger partial charge in [-0.3, -0.25) is 4.79 Å². The van der Waals surface area contributed by atoms with E-state index in [9.17, 15) is 18.0 Å². The fourth-order valence-corrected chi connectivity index (χ4v) is 3.81. The van der Waals surface area contributed by atoms with Crippen LogP contribution in [-0.2, 0) is 11.0 Å². The molecule has 1 aromatic carbocycles. The number of fused-ring (bicyclic) bond motifs is 1. The van der Waals surface area contributed by atoms with Crippen molar-refractivity contribution in [3.05, 3.63) is 59.6 Å². The average Bonchev–Trinajstić information content (AvgIpc) is 3.18. The first-order chi connectivity index (χ1) is 15.1. The first kappa shape index (κ1) is 21.7. The summed E-state index contributed by atoms with van der Waals surface area (Å²) in [4.78, 5) is 17.6. The van der Waals surface area contributed by atoms with Crippen molar-refractivity contribution in [2.24, 2.45) is 0 Å².